The summed E-state index contributed by atoms with van der Waals surface area (Å²) >= 11 is 0. The molecule has 3 atom stereocenters. The zero-order chi connectivity index (χ0) is 15.6. The molecule has 0 bridgehead atoms. The lowest BCUT2D eigenvalue weighted by Gasteiger charge is -2.18. The molecule has 0 aromatic carbocycles. The first-order valence-electron chi connectivity index (χ1n) is 7.99. The molecule has 5 heteroatoms. The van der Waals surface area contributed by atoms with Gasteiger partial charge in [0.1, 0.15) is 0 Å². The van der Waals surface area contributed by atoms with Crippen molar-refractivity contribution < 1.29 is 0 Å². The van der Waals surface area contributed by atoms with Gasteiger partial charge in [-0.1, -0.05) is 6.92 Å². The van der Waals surface area contributed by atoms with Crippen LogP contribution in [-0.2, 0) is 13.5 Å². The van der Waals surface area contributed by atoms with Crippen LogP contribution in [0.4, 0.5) is 0 Å². The van der Waals surface area contributed by atoms with Crippen molar-refractivity contribution in [2.45, 2.75) is 59.5 Å². The lowest BCUT2D eigenvalue weighted by molar-refractivity contribution is 0.629. The maximum absolute atomic E-state index is 4.54. The number of nitrogens with zero attached hydrogens (tertiary/aromatic N) is 3. The van der Waals surface area contributed by atoms with Gasteiger partial charge in [-0.2, -0.15) is 5.10 Å². The fourth-order valence-electron chi connectivity index (χ4n) is 2.69. The maximum atomic E-state index is 4.54. The van der Waals surface area contributed by atoms with Crippen LogP contribution in [0.3, 0.4) is 0 Å². The van der Waals surface area contributed by atoms with E-state index in [1.54, 1.807) is 0 Å². The minimum Gasteiger partial charge on any atom is -0.354 e. The van der Waals surface area contributed by atoms with Crippen LogP contribution in [0.25, 0.3) is 0 Å². The molecule has 1 aliphatic carbocycles. The van der Waals surface area contributed by atoms with Crippen LogP contribution in [0, 0.1) is 19.8 Å². The van der Waals surface area contributed by atoms with Crippen molar-refractivity contribution in [3.05, 3.63) is 17.0 Å². The normalized spacial score (nSPS) is 23.0. The Morgan fingerprint density at radius 2 is 2.14 bits per heavy atom. The van der Waals surface area contributed by atoms with Crippen LogP contribution < -0.4 is 10.6 Å². The Bertz CT molecular complexity index is 517. The fourth-order valence-corrected chi connectivity index (χ4v) is 2.69. The zero-order valence-electron chi connectivity index (χ0n) is 14.2. The molecule has 0 radical (unpaired) electrons. The van der Waals surface area contributed by atoms with Crippen LogP contribution in [0.2, 0.25) is 0 Å². The lowest BCUT2D eigenvalue weighted by Crippen LogP contribution is -2.44. The minimum atomic E-state index is 0.332. The van der Waals surface area contributed by atoms with E-state index in [-0.39, 0.29) is 0 Å². The Labute approximate surface area is 128 Å². The molecular formula is C16H29N5. The number of aromatic nitrogens is 2. The van der Waals surface area contributed by atoms with E-state index in [1.165, 1.54) is 17.7 Å². The van der Waals surface area contributed by atoms with Crippen molar-refractivity contribution in [1.82, 2.24) is 20.4 Å². The van der Waals surface area contributed by atoms with Gasteiger partial charge in [0, 0.05) is 31.4 Å². The Balaban J connectivity index is 1.95. The molecule has 3 unspecified atom stereocenters. The number of guanidine groups is 1. The predicted molar refractivity (Wildman–Crippen MR) is 87.7 cm³/mol. The van der Waals surface area contributed by atoms with Gasteiger partial charge in [0.25, 0.3) is 0 Å². The van der Waals surface area contributed by atoms with Gasteiger partial charge in [-0.05, 0) is 52.0 Å². The van der Waals surface area contributed by atoms with Crippen molar-refractivity contribution in [2.75, 3.05) is 6.54 Å². The molecule has 1 aromatic heterocycles. The number of hydrogen-bond donors (Lipinski definition) is 2. The van der Waals surface area contributed by atoms with Crippen molar-refractivity contribution in [3.8, 4) is 0 Å². The van der Waals surface area contributed by atoms with Gasteiger partial charge in [0.2, 0.25) is 0 Å². The minimum absolute atomic E-state index is 0.332. The number of rotatable bonds is 5. The van der Waals surface area contributed by atoms with Gasteiger partial charge >= 0.3 is 0 Å². The Morgan fingerprint density at radius 1 is 1.48 bits per heavy atom. The maximum Gasteiger partial charge on any atom is 0.191 e. The molecule has 118 valence electrons. The Morgan fingerprint density at radius 3 is 2.62 bits per heavy atom. The van der Waals surface area contributed by atoms with Crippen molar-refractivity contribution in [3.63, 3.8) is 0 Å². The second-order valence-corrected chi connectivity index (χ2v) is 6.31. The quantitative estimate of drug-likeness (QED) is 0.644. The highest BCUT2D eigenvalue weighted by atomic mass is 15.3. The number of nitrogens with one attached hydrogen (secondary N) is 2. The van der Waals surface area contributed by atoms with E-state index in [2.05, 4.69) is 55.3 Å². The topological polar surface area (TPSA) is 54.2 Å². The lowest BCUT2D eigenvalue weighted by atomic mass is 10.1. The third-order valence-electron chi connectivity index (χ3n) is 4.30. The monoisotopic (exact) mass is 291 g/mol. The highest BCUT2D eigenvalue weighted by molar-refractivity contribution is 5.80. The van der Waals surface area contributed by atoms with Crippen LogP contribution in [0.5, 0.6) is 0 Å². The summed E-state index contributed by atoms with van der Waals surface area (Å²) in [5.41, 5.74) is 3.72. The highest BCUT2D eigenvalue weighted by Crippen LogP contribution is 2.28. The zero-order valence-corrected chi connectivity index (χ0v) is 14.2. The summed E-state index contributed by atoms with van der Waals surface area (Å²) in [4.78, 5) is 4.54. The summed E-state index contributed by atoms with van der Waals surface area (Å²) in [5.74, 6) is 1.71. The Kier molecular flexibility index (Phi) is 4.91. The average Bonchev–Trinajstić information content (AvgIpc) is 3.04. The molecule has 5 nitrogen and oxygen atoms in total. The molecule has 1 aliphatic rings. The van der Waals surface area contributed by atoms with Crippen LogP contribution in [-0.4, -0.2) is 34.4 Å². The summed E-state index contributed by atoms with van der Waals surface area (Å²) in [6.45, 7) is 11.6. The highest BCUT2D eigenvalue weighted by Gasteiger charge is 2.33. The summed E-state index contributed by atoms with van der Waals surface area (Å²) in [6.07, 6.45) is 2.22. The van der Waals surface area contributed by atoms with Gasteiger partial charge in [0.05, 0.1) is 5.69 Å². The largest absolute Gasteiger partial charge is 0.354 e. The second-order valence-electron chi connectivity index (χ2n) is 6.31. The van der Waals surface area contributed by atoms with Crippen LogP contribution in [0.15, 0.2) is 4.99 Å². The van der Waals surface area contributed by atoms with Gasteiger partial charge in [-0.25, -0.2) is 0 Å². The predicted octanol–water partition coefficient (Wildman–Crippen LogP) is 1.93. The van der Waals surface area contributed by atoms with E-state index >= 15 is 0 Å². The summed E-state index contributed by atoms with van der Waals surface area (Å²) in [7, 11) is 2.00. The van der Waals surface area contributed by atoms with Crippen molar-refractivity contribution in [1.29, 1.82) is 0 Å². The van der Waals surface area contributed by atoms with E-state index in [0.717, 1.165) is 30.5 Å². The number of aliphatic imine (C=N–C) groups is 1. The van der Waals surface area contributed by atoms with Gasteiger partial charge in [-0.3, -0.25) is 9.67 Å². The van der Waals surface area contributed by atoms with E-state index in [1.807, 2.05) is 11.7 Å². The summed E-state index contributed by atoms with van der Waals surface area (Å²) in [6, 6.07) is 0.926. The molecule has 0 amide bonds. The smallest absolute Gasteiger partial charge is 0.191 e. The van der Waals surface area contributed by atoms with Gasteiger partial charge in [-0.15, -0.1) is 0 Å². The number of aryl methyl sites for hydroxylation is 2. The molecule has 1 fully saturated rings. The second kappa shape index (κ2) is 6.50. The molecule has 0 saturated heterocycles. The first-order chi connectivity index (χ1) is 9.92. The molecular weight excluding hydrogens is 262 g/mol. The summed E-state index contributed by atoms with van der Waals surface area (Å²) in [5, 5.41) is 11.5. The molecule has 2 rings (SSSR count). The number of hydrogen-bond acceptors (Lipinski definition) is 2. The van der Waals surface area contributed by atoms with Gasteiger partial charge < -0.3 is 10.6 Å². The van der Waals surface area contributed by atoms with Crippen molar-refractivity contribution >= 4 is 5.96 Å². The van der Waals surface area contributed by atoms with E-state index in [0.29, 0.717) is 12.1 Å². The van der Waals surface area contributed by atoms with E-state index in [9.17, 15) is 0 Å². The SMILES string of the molecule is CCN=C(NC(C)Cc1c(C)nn(C)c1C)NC1CC1C. The van der Waals surface area contributed by atoms with E-state index in [4.69, 9.17) is 0 Å². The molecule has 2 N–H and O–H groups in total. The molecule has 1 saturated carbocycles. The first kappa shape index (κ1) is 15.9. The van der Waals surface area contributed by atoms with Gasteiger partial charge in [0.15, 0.2) is 5.96 Å². The molecule has 1 aromatic rings. The standard InChI is InChI=1S/C16H29N5/c1-7-17-16(19-15-8-10(15)2)18-11(3)9-14-12(4)20-21(6)13(14)5/h10-11,15H,7-9H2,1-6H3,(H2,17,18,19). The third-order valence-corrected chi connectivity index (χ3v) is 4.30. The van der Waals surface area contributed by atoms with Crippen LogP contribution in [0.1, 0.15) is 44.1 Å². The molecule has 1 heterocycles. The van der Waals surface area contributed by atoms with E-state index < -0.39 is 0 Å². The molecule has 0 aliphatic heterocycles. The first-order valence-corrected chi connectivity index (χ1v) is 7.99. The third kappa shape index (κ3) is 3.99. The molecule has 0 spiro atoms. The fraction of sp³-hybridized carbons (Fsp3) is 0.750. The van der Waals surface area contributed by atoms with Crippen LogP contribution >= 0.6 is 0 Å². The summed E-state index contributed by atoms with van der Waals surface area (Å²) < 4.78 is 1.96. The molecule has 21 heavy (non-hydrogen) atoms. The average molecular weight is 291 g/mol. The Hall–Kier alpha value is -1.52. The van der Waals surface area contributed by atoms with Crippen molar-refractivity contribution in [2.24, 2.45) is 18.0 Å².